The van der Waals surface area contributed by atoms with Crippen molar-refractivity contribution in [3.8, 4) is 0 Å². The summed E-state index contributed by atoms with van der Waals surface area (Å²) in [4.78, 5) is 39.4. The predicted octanol–water partition coefficient (Wildman–Crippen LogP) is 3.01. The van der Waals surface area contributed by atoms with Gasteiger partial charge in [0.15, 0.2) is 0 Å². The number of halogens is 1. The van der Waals surface area contributed by atoms with E-state index in [0.717, 1.165) is 24.8 Å². The fraction of sp³-hybridized carbons (Fsp3) is 0.526. The van der Waals surface area contributed by atoms with E-state index >= 15 is 0 Å². The first-order chi connectivity index (χ1) is 11.9. The Labute approximate surface area is 151 Å². The van der Waals surface area contributed by atoms with Crippen molar-refractivity contribution in [2.45, 2.75) is 39.2 Å². The standard InChI is InChI=1S/C19H21ClN2O3/c1-9-3-6-13(8-14(9)20)21-17(23)10(2)22-18(24)15-11-4-5-12(7-11)16(15)19(22)25/h3,6,8,10-12,15-16H,4-5,7H2,1-2H3,(H,21,23)/t10-,11-,12-,15-,16+/m1/s1. The van der Waals surface area contributed by atoms with Crippen molar-refractivity contribution in [3.63, 3.8) is 0 Å². The zero-order valence-electron chi connectivity index (χ0n) is 14.3. The normalized spacial score (nSPS) is 31.4. The van der Waals surface area contributed by atoms with Gasteiger partial charge in [-0.1, -0.05) is 17.7 Å². The molecule has 6 heteroatoms. The smallest absolute Gasteiger partial charge is 0.247 e. The summed E-state index contributed by atoms with van der Waals surface area (Å²) >= 11 is 6.08. The van der Waals surface area contributed by atoms with Gasteiger partial charge in [-0.15, -0.1) is 0 Å². The summed E-state index contributed by atoms with van der Waals surface area (Å²) in [6.45, 7) is 3.50. The molecule has 2 saturated carbocycles. The Morgan fingerprint density at radius 1 is 1.20 bits per heavy atom. The lowest BCUT2D eigenvalue weighted by atomic mass is 9.81. The van der Waals surface area contributed by atoms with Crippen LogP contribution in [0.3, 0.4) is 0 Å². The first-order valence-corrected chi connectivity index (χ1v) is 9.20. The van der Waals surface area contributed by atoms with Gasteiger partial charge < -0.3 is 5.32 Å². The van der Waals surface area contributed by atoms with Crippen LogP contribution in [0.5, 0.6) is 0 Å². The van der Waals surface area contributed by atoms with Crippen molar-refractivity contribution in [3.05, 3.63) is 28.8 Å². The summed E-state index contributed by atoms with van der Waals surface area (Å²) in [6.07, 6.45) is 3.05. The average molecular weight is 361 g/mol. The second kappa shape index (κ2) is 5.84. The third-order valence-electron chi connectivity index (χ3n) is 6.17. The van der Waals surface area contributed by atoms with E-state index in [9.17, 15) is 14.4 Å². The zero-order valence-corrected chi connectivity index (χ0v) is 15.0. The number of nitrogens with one attached hydrogen (secondary N) is 1. The van der Waals surface area contributed by atoms with Gasteiger partial charge in [-0.05, 0) is 62.6 Å². The van der Waals surface area contributed by atoms with Crippen LogP contribution in [0.15, 0.2) is 18.2 Å². The SMILES string of the molecule is Cc1ccc(NC(=O)[C@@H](C)N2C(=O)[C@@H]3[C@@H]4CC[C@H](C4)[C@@H]3C2=O)cc1Cl. The number of likely N-dealkylation sites (tertiary alicyclic amines) is 1. The van der Waals surface area contributed by atoms with E-state index in [-0.39, 0.29) is 29.6 Å². The highest BCUT2D eigenvalue weighted by atomic mass is 35.5. The molecule has 4 rings (SSSR count). The summed E-state index contributed by atoms with van der Waals surface area (Å²) < 4.78 is 0. The van der Waals surface area contributed by atoms with E-state index in [4.69, 9.17) is 11.6 Å². The molecular weight excluding hydrogens is 340 g/mol. The van der Waals surface area contributed by atoms with Gasteiger partial charge >= 0.3 is 0 Å². The largest absolute Gasteiger partial charge is 0.324 e. The topological polar surface area (TPSA) is 66.5 Å². The van der Waals surface area contributed by atoms with Crippen LogP contribution in [0.2, 0.25) is 5.02 Å². The molecule has 25 heavy (non-hydrogen) atoms. The molecule has 2 bridgehead atoms. The summed E-state index contributed by atoms with van der Waals surface area (Å²) in [5.41, 5.74) is 1.48. The van der Waals surface area contributed by atoms with Crippen LogP contribution in [0.25, 0.3) is 0 Å². The highest BCUT2D eigenvalue weighted by molar-refractivity contribution is 6.31. The van der Waals surface area contributed by atoms with Crippen molar-refractivity contribution in [1.29, 1.82) is 0 Å². The lowest BCUT2D eigenvalue weighted by molar-refractivity contribution is -0.146. The molecule has 3 aliphatic rings. The Balaban J connectivity index is 1.51. The zero-order chi connectivity index (χ0) is 17.9. The number of fused-ring (bicyclic) bond motifs is 5. The minimum absolute atomic E-state index is 0.160. The molecule has 5 atom stereocenters. The minimum Gasteiger partial charge on any atom is -0.324 e. The monoisotopic (exact) mass is 360 g/mol. The summed E-state index contributed by atoms with van der Waals surface area (Å²) in [7, 11) is 0. The highest BCUT2D eigenvalue weighted by Crippen LogP contribution is 2.56. The average Bonchev–Trinajstić information content (AvgIpc) is 3.24. The van der Waals surface area contributed by atoms with Gasteiger partial charge in [0.1, 0.15) is 6.04 Å². The third-order valence-corrected chi connectivity index (χ3v) is 6.57. The van der Waals surface area contributed by atoms with Crippen molar-refractivity contribution in [2.75, 3.05) is 5.32 Å². The molecule has 1 N–H and O–H groups in total. The van der Waals surface area contributed by atoms with Crippen molar-refractivity contribution < 1.29 is 14.4 Å². The molecule has 1 aliphatic heterocycles. The van der Waals surface area contributed by atoms with Crippen molar-refractivity contribution >= 4 is 35.0 Å². The van der Waals surface area contributed by atoms with Gasteiger partial charge in [0.2, 0.25) is 17.7 Å². The number of carbonyl (C=O) groups excluding carboxylic acids is 3. The van der Waals surface area contributed by atoms with E-state index < -0.39 is 6.04 Å². The number of imide groups is 1. The third kappa shape index (κ3) is 2.48. The fourth-order valence-electron chi connectivity index (χ4n) is 4.85. The Morgan fingerprint density at radius 2 is 1.80 bits per heavy atom. The molecule has 132 valence electrons. The molecule has 0 spiro atoms. The minimum atomic E-state index is -0.815. The molecule has 1 heterocycles. The first-order valence-electron chi connectivity index (χ1n) is 8.82. The molecule has 2 aliphatic carbocycles. The maximum Gasteiger partial charge on any atom is 0.247 e. The van der Waals surface area contributed by atoms with E-state index in [2.05, 4.69) is 5.32 Å². The lowest BCUT2D eigenvalue weighted by Gasteiger charge is -2.23. The number of hydrogen-bond acceptors (Lipinski definition) is 3. The predicted molar refractivity (Wildman–Crippen MR) is 93.9 cm³/mol. The van der Waals surface area contributed by atoms with Crippen molar-refractivity contribution in [1.82, 2.24) is 4.90 Å². The van der Waals surface area contributed by atoms with Crippen LogP contribution in [0.1, 0.15) is 31.7 Å². The Bertz CT molecular complexity index is 750. The summed E-state index contributed by atoms with van der Waals surface area (Å²) in [6, 6.07) is 4.43. The maximum atomic E-state index is 12.8. The summed E-state index contributed by atoms with van der Waals surface area (Å²) in [5.74, 6) is -0.441. The molecule has 0 radical (unpaired) electrons. The Morgan fingerprint density at radius 3 is 2.36 bits per heavy atom. The van der Waals surface area contributed by atoms with Gasteiger partial charge in [0.05, 0.1) is 11.8 Å². The fourth-order valence-corrected chi connectivity index (χ4v) is 5.03. The molecule has 5 nitrogen and oxygen atoms in total. The van der Waals surface area contributed by atoms with Crippen LogP contribution in [-0.4, -0.2) is 28.7 Å². The molecular formula is C19H21ClN2O3. The molecule has 0 unspecified atom stereocenters. The number of amides is 3. The van der Waals surface area contributed by atoms with Gasteiger partial charge in [0.25, 0.3) is 0 Å². The van der Waals surface area contributed by atoms with E-state index in [1.54, 1.807) is 19.1 Å². The van der Waals surface area contributed by atoms with E-state index in [1.165, 1.54) is 4.90 Å². The summed E-state index contributed by atoms with van der Waals surface area (Å²) in [5, 5.41) is 3.32. The van der Waals surface area contributed by atoms with Crippen LogP contribution in [0.4, 0.5) is 5.69 Å². The molecule has 1 aromatic rings. The number of hydrogen-bond donors (Lipinski definition) is 1. The molecule has 1 saturated heterocycles. The molecule has 1 aromatic carbocycles. The number of carbonyl (C=O) groups is 3. The van der Waals surface area contributed by atoms with Crippen molar-refractivity contribution in [2.24, 2.45) is 23.7 Å². The highest BCUT2D eigenvalue weighted by Gasteiger charge is 2.62. The maximum absolute atomic E-state index is 12.8. The van der Waals surface area contributed by atoms with Crippen LogP contribution in [-0.2, 0) is 14.4 Å². The van der Waals surface area contributed by atoms with Gasteiger partial charge in [-0.3, -0.25) is 19.3 Å². The molecule has 0 aromatic heterocycles. The van der Waals surface area contributed by atoms with Crippen LogP contribution < -0.4 is 5.32 Å². The second-order valence-corrected chi connectivity index (χ2v) is 7.97. The number of benzene rings is 1. The Hall–Kier alpha value is -1.88. The molecule has 3 fully saturated rings. The number of aryl methyl sites for hydroxylation is 1. The lowest BCUT2D eigenvalue weighted by Crippen LogP contribution is -2.46. The van der Waals surface area contributed by atoms with Gasteiger partial charge in [-0.25, -0.2) is 0 Å². The Kier molecular flexibility index (Phi) is 3.87. The quantitative estimate of drug-likeness (QED) is 0.842. The number of anilines is 1. The van der Waals surface area contributed by atoms with E-state index in [0.29, 0.717) is 22.5 Å². The van der Waals surface area contributed by atoms with Crippen LogP contribution in [0, 0.1) is 30.6 Å². The number of nitrogens with zero attached hydrogens (tertiary/aromatic N) is 1. The van der Waals surface area contributed by atoms with E-state index in [1.807, 2.05) is 13.0 Å². The molecule has 3 amide bonds. The van der Waals surface area contributed by atoms with Gasteiger partial charge in [-0.2, -0.15) is 0 Å². The number of rotatable bonds is 3. The second-order valence-electron chi connectivity index (χ2n) is 7.56. The first kappa shape index (κ1) is 16.6. The van der Waals surface area contributed by atoms with Crippen LogP contribution >= 0.6 is 11.6 Å². The van der Waals surface area contributed by atoms with Gasteiger partial charge in [0, 0.05) is 10.7 Å².